The first kappa shape index (κ1) is 16.3. The molecule has 2 heterocycles. The van der Waals surface area contributed by atoms with E-state index < -0.39 is 0 Å². The minimum Gasteiger partial charge on any atom is -0.298 e. The molecule has 0 spiro atoms. The molecule has 1 fully saturated rings. The monoisotopic (exact) mass is 329 g/mol. The van der Waals surface area contributed by atoms with E-state index in [4.69, 9.17) is 0 Å². The summed E-state index contributed by atoms with van der Waals surface area (Å²) in [5.74, 6) is 0.402. The molecule has 1 aliphatic rings. The third-order valence-corrected chi connectivity index (χ3v) is 5.21. The Hall–Kier alpha value is -1.59. The standard InChI is InChI=1S/C18H23N3OS/c1-20-11-14(10-19-20)12-21-9-5-6-15(13-21)18(22)16-7-3-4-8-17(16)23-2/h3-4,7-8,10-11,15H,5-6,9,12-13H2,1-2H3. The maximum absolute atomic E-state index is 12.9. The smallest absolute Gasteiger partial charge is 0.168 e. The summed E-state index contributed by atoms with van der Waals surface area (Å²) in [6.07, 6.45) is 8.06. The number of piperidine rings is 1. The van der Waals surface area contributed by atoms with Crippen molar-refractivity contribution in [2.24, 2.45) is 13.0 Å². The second-order valence-electron chi connectivity index (χ2n) is 6.16. The van der Waals surface area contributed by atoms with Crippen molar-refractivity contribution in [2.45, 2.75) is 24.3 Å². The molecule has 1 atom stereocenters. The molecule has 0 aliphatic carbocycles. The van der Waals surface area contributed by atoms with Gasteiger partial charge in [-0.05, 0) is 31.7 Å². The van der Waals surface area contributed by atoms with Gasteiger partial charge in [0.15, 0.2) is 5.78 Å². The van der Waals surface area contributed by atoms with Crippen LogP contribution < -0.4 is 0 Å². The van der Waals surface area contributed by atoms with Gasteiger partial charge in [0.25, 0.3) is 0 Å². The number of rotatable bonds is 5. The van der Waals surface area contributed by atoms with E-state index in [1.54, 1.807) is 11.8 Å². The minimum atomic E-state index is 0.105. The Morgan fingerprint density at radius 3 is 2.96 bits per heavy atom. The predicted octanol–water partition coefficient (Wildman–Crippen LogP) is 3.24. The van der Waals surface area contributed by atoms with Gasteiger partial charge >= 0.3 is 0 Å². The van der Waals surface area contributed by atoms with Crippen molar-refractivity contribution in [3.05, 3.63) is 47.8 Å². The summed E-state index contributed by atoms with van der Waals surface area (Å²) >= 11 is 1.65. The molecule has 2 aromatic rings. The summed E-state index contributed by atoms with van der Waals surface area (Å²) in [6, 6.07) is 7.96. The van der Waals surface area contributed by atoms with Crippen LogP contribution in [0, 0.1) is 5.92 Å². The van der Waals surface area contributed by atoms with E-state index in [1.807, 2.05) is 48.4 Å². The van der Waals surface area contributed by atoms with Crippen LogP contribution in [0.25, 0.3) is 0 Å². The molecule has 122 valence electrons. The van der Waals surface area contributed by atoms with Crippen molar-refractivity contribution in [1.29, 1.82) is 0 Å². The highest BCUT2D eigenvalue weighted by Crippen LogP contribution is 2.27. The molecule has 3 rings (SSSR count). The van der Waals surface area contributed by atoms with Gasteiger partial charge in [-0.2, -0.15) is 5.10 Å². The summed E-state index contributed by atoms with van der Waals surface area (Å²) in [7, 11) is 1.94. The van der Waals surface area contributed by atoms with Gasteiger partial charge in [0, 0.05) is 48.3 Å². The lowest BCUT2D eigenvalue weighted by molar-refractivity contribution is 0.0808. The molecule has 0 N–H and O–H groups in total. The molecule has 1 aliphatic heterocycles. The largest absolute Gasteiger partial charge is 0.298 e. The van der Waals surface area contributed by atoms with Gasteiger partial charge in [0.05, 0.1) is 6.20 Å². The van der Waals surface area contributed by atoms with Crippen molar-refractivity contribution in [2.75, 3.05) is 19.3 Å². The number of thioether (sulfide) groups is 1. The minimum absolute atomic E-state index is 0.105. The van der Waals surface area contributed by atoms with Gasteiger partial charge in [0.1, 0.15) is 0 Å². The normalized spacial score (nSPS) is 19.0. The number of carbonyl (C=O) groups is 1. The van der Waals surface area contributed by atoms with E-state index in [1.165, 1.54) is 5.56 Å². The molecule has 1 unspecified atom stereocenters. The first-order valence-electron chi connectivity index (χ1n) is 8.04. The Morgan fingerprint density at radius 1 is 1.39 bits per heavy atom. The van der Waals surface area contributed by atoms with Crippen molar-refractivity contribution in [3.8, 4) is 0 Å². The first-order valence-corrected chi connectivity index (χ1v) is 9.27. The van der Waals surface area contributed by atoms with E-state index in [0.717, 1.165) is 42.9 Å². The lowest BCUT2D eigenvalue weighted by Gasteiger charge is -2.31. The third-order valence-electron chi connectivity index (χ3n) is 4.41. The molecule has 0 radical (unpaired) electrons. The van der Waals surface area contributed by atoms with Crippen molar-refractivity contribution < 1.29 is 4.79 Å². The van der Waals surface area contributed by atoms with E-state index in [-0.39, 0.29) is 5.92 Å². The number of Topliss-reactive ketones (excluding diaryl/α,β-unsaturated/α-hetero) is 1. The molecule has 0 bridgehead atoms. The van der Waals surface area contributed by atoms with Gasteiger partial charge in [-0.25, -0.2) is 0 Å². The Morgan fingerprint density at radius 2 is 2.22 bits per heavy atom. The number of hydrogen-bond donors (Lipinski definition) is 0. The Balaban J connectivity index is 1.69. The van der Waals surface area contributed by atoms with Crippen molar-refractivity contribution in [1.82, 2.24) is 14.7 Å². The van der Waals surface area contributed by atoms with Gasteiger partial charge < -0.3 is 0 Å². The fraction of sp³-hybridized carbons (Fsp3) is 0.444. The highest BCUT2D eigenvalue weighted by Gasteiger charge is 2.27. The Bertz CT molecular complexity index is 682. The number of ketones is 1. The number of carbonyl (C=O) groups excluding carboxylic acids is 1. The Kier molecular flexibility index (Phi) is 5.18. The lowest BCUT2D eigenvalue weighted by atomic mass is 9.90. The topological polar surface area (TPSA) is 38.1 Å². The summed E-state index contributed by atoms with van der Waals surface area (Å²) in [4.78, 5) is 16.4. The number of nitrogens with zero attached hydrogens (tertiary/aromatic N) is 3. The summed E-state index contributed by atoms with van der Waals surface area (Å²) in [5, 5.41) is 4.23. The van der Waals surface area contributed by atoms with E-state index in [2.05, 4.69) is 16.2 Å². The quantitative estimate of drug-likeness (QED) is 0.623. The molecule has 23 heavy (non-hydrogen) atoms. The molecule has 0 amide bonds. The zero-order valence-electron chi connectivity index (χ0n) is 13.7. The fourth-order valence-electron chi connectivity index (χ4n) is 3.29. The van der Waals surface area contributed by atoms with Gasteiger partial charge in [-0.3, -0.25) is 14.4 Å². The maximum Gasteiger partial charge on any atom is 0.168 e. The van der Waals surface area contributed by atoms with Crippen molar-refractivity contribution in [3.63, 3.8) is 0 Å². The third kappa shape index (κ3) is 3.85. The van der Waals surface area contributed by atoms with E-state index in [0.29, 0.717) is 5.78 Å². The van der Waals surface area contributed by atoms with Gasteiger partial charge in [-0.1, -0.05) is 18.2 Å². The summed E-state index contributed by atoms with van der Waals surface area (Å²) < 4.78 is 1.83. The Labute approximate surface area is 141 Å². The summed E-state index contributed by atoms with van der Waals surface area (Å²) in [5.41, 5.74) is 2.10. The number of benzene rings is 1. The van der Waals surface area contributed by atoms with Crippen LogP contribution in [0.3, 0.4) is 0 Å². The fourth-order valence-corrected chi connectivity index (χ4v) is 3.90. The lowest BCUT2D eigenvalue weighted by Crippen LogP contribution is -2.38. The number of aromatic nitrogens is 2. The number of aryl methyl sites for hydroxylation is 1. The van der Waals surface area contributed by atoms with Crippen LogP contribution in [0.2, 0.25) is 0 Å². The van der Waals surface area contributed by atoms with E-state index in [9.17, 15) is 4.79 Å². The molecule has 1 aromatic heterocycles. The highest BCUT2D eigenvalue weighted by atomic mass is 32.2. The van der Waals surface area contributed by atoms with Crippen LogP contribution in [0.4, 0.5) is 0 Å². The van der Waals surface area contributed by atoms with Gasteiger partial charge in [-0.15, -0.1) is 11.8 Å². The van der Waals surface area contributed by atoms with Crippen LogP contribution in [-0.2, 0) is 13.6 Å². The predicted molar refractivity (Wildman–Crippen MR) is 93.8 cm³/mol. The molecule has 1 saturated heterocycles. The molecule has 1 aromatic carbocycles. The first-order chi connectivity index (χ1) is 11.2. The highest BCUT2D eigenvalue weighted by molar-refractivity contribution is 7.98. The second-order valence-corrected chi connectivity index (χ2v) is 7.01. The SMILES string of the molecule is CSc1ccccc1C(=O)C1CCCN(Cc2cnn(C)c2)C1. The zero-order chi connectivity index (χ0) is 16.2. The second kappa shape index (κ2) is 7.32. The summed E-state index contributed by atoms with van der Waals surface area (Å²) in [6.45, 7) is 2.78. The van der Waals surface area contributed by atoms with Crippen LogP contribution in [0.1, 0.15) is 28.8 Å². The van der Waals surface area contributed by atoms with E-state index >= 15 is 0 Å². The van der Waals surface area contributed by atoms with Crippen LogP contribution >= 0.6 is 11.8 Å². The molecular weight excluding hydrogens is 306 g/mol. The van der Waals surface area contributed by atoms with Crippen LogP contribution in [-0.4, -0.2) is 39.8 Å². The van der Waals surface area contributed by atoms with Crippen LogP contribution in [0.15, 0.2) is 41.6 Å². The number of hydrogen-bond acceptors (Lipinski definition) is 4. The van der Waals surface area contributed by atoms with Crippen LogP contribution in [0.5, 0.6) is 0 Å². The molecule has 4 nitrogen and oxygen atoms in total. The van der Waals surface area contributed by atoms with Gasteiger partial charge in [0.2, 0.25) is 0 Å². The number of likely N-dealkylation sites (tertiary alicyclic amines) is 1. The average Bonchev–Trinajstić information content (AvgIpc) is 2.99. The zero-order valence-corrected chi connectivity index (χ0v) is 14.6. The maximum atomic E-state index is 12.9. The molecular formula is C18H23N3OS. The molecule has 5 heteroatoms. The average molecular weight is 329 g/mol. The van der Waals surface area contributed by atoms with Crippen molar-refractivity contribution >= 4 is 17.5 Å². The molecule has 0 saturated carbocycles.